The largest absolute Gasteiger partial charge is 0.422 e. The van der Waals surface area contributed by atoms with Gasteiger partial charge in [-0.25, -0.2) is 9.78 Å². The molecule has 0 aliphatic carbocycles. The molecule has 0 unspecified atom stereocenters. The van der Waals surface area contributed by atoms with E-state index in [4.69, 9.17) is 4.42 Å². The van der Waals surface area contributed by atoms with E-state index in [1.54, 1.807) is 23.7 Å². The maximum Gasteiger partial charge on any atom is 0.345 e. The summed E-state index contributed by atoms with van der Waals surface area (Å²) in [5.41, 5.74) is 2.17. The van der Waals surface area contributed by atoms with Crippen molar-refractivity contribution >= 4 is 49.5 Å². The fraction of sp³-hybridized carbons (Fsp3) is 0. The average molecular weight is 450 g/mol. The fourth-order valence-corrected chi connectivity index (χ4v) is 3.65. The van der Waals surface area contributed by atoms with Crippen LogP contribution in [0.25, 0.3) is 27.8 Å². The van der Waals surface area contributed by atoms with E-state index in [1.807, 2.05) is 42.5 Å². The minimum atomic E-state index is -0.453. The van der Waals surface area contributed by atoms with Gasteiger partial charge < -0.3 is 9.73 Å². The van der Waals surface area contributed by atoms with Gasteiger partial charge in [0.15, 0.2) is 0 Å². The van der Waals surface area contributed by atoms with Crippen LogP contribution in [0.1, 0.15) is 5.01 Å². The van der Waals surface area contributed by atoms with Gasteiger partial charge in [0, 0.05) is 27.1 Å². The molecule has 5 nitrogen and oxygen atoms in total. The zero-order valence-electron chi connectivity index (χ0n) is 14.3. The third-order valence-electron chi connectivity index (χ3n) is 4.00. The highest BCUT2D eigenvalue weighted by Crippen LogP contribution is 2.26. The second-order valence-electron chi connectivity index (χ2n) is 5.84. The number of allylic oxidation sites excluding steroid dienone is 1. The number of para-hydroxylation sites is 1. The minimum Gasteiger partial charge on any atom is -0.422 e. The lowest BCUT2D eigenvalue weighted by Gasteiger charge is -2.01. The van der Waals surface area contributed by atoms with Gasteiger partial charge in [0.05, 0.1) is 11.3 Å². The summed E-state index contributed by atoms with van der Waals surface area (Å²) in [7, 11) is 0. The van der Waals surface area contributed by atoms with Crippen molar-refractivity contribution in [3.63, 3.8) is 0 Å². The molecule has 0 fully saturated rings. The van der Waals surface area contributed by atoms with Gasteiger partial charge >= 0.3 is 5.63 Å². The van der Waals surface area contributed by atoms with E-state index in [0.29, 0.717) is 27.4 Å². The van der Waals surface area contributed by atoms with Gasteiger partial charge in [-0.2, -0.15) is 5.26 Å². The molecule has 0 saturated carbocycles. The summed E-state index contributed by atoms with van der Waals surface area (Å²) in [6.45, 7) is 0. The molecule has 2 heterocycles. The Balaban J connectivity index is 1.65. The number of aromatic nitrogens is 1. The van der Waals surface area contributed by atoms with Crippen molar-refractivity contribution < 1.29 is 4.42 Å². The van der Waals surface area contributed by atoms with Gasteiger partial charge in [-0.05, 0) is 36.4 Å². The number of thiazole rings is 1. The lowest BCUT2D eigenvalue weighted by molar-refractivity contribution is 0.563. The van der Waals surface area contributed by atoms with E-state index in [2.05, 4.69) is 32.3 Å². The average Bonchev–Trinajstić information content (AvgIpc) is 3.19. The van der Waals surface area contributed by atoms with Crippen molar-refractivity contribution in [1.29, 1.82) is 5.26 Å². The zero-order valence-corrected chi connectivity index (χ0v) is 16.8. The maximum absolute atomic E-state index is 12.3. The summed E-state index contributed by atoms with van der Waals surface area (Å²) in [6, 6.07) is 18.8. The quantitative estimate of drug-likeness (QED) is 0.321. The van der Waals surface area contributed by atoms with Gasteiger partial charge in [-0.3, -0.25) is 0 Å². The third kappa shape index (κ3) is 3.74. The lowest BCUT2D eigenvalue weighted by Crippen LogP contribution is -2.02. The highest BCUT2D eigenvalue weighted by Gasteiger charge is 2.13. The molecule has 7 heteroatoms. The number of hydrogen-bond acceptors (Lipinski definition) is 6. The summed E-state index contributed by atoms with van der Waals surface area (Å²) < 4.78 is 6.34. The van der Waals surface area contributed by atoms with Crippen LogP contribution in [-0.2, 0) is 0 Å². The van der Waals surface area contributed by atoms with E-state index in [-0.39, 0.29) is 0 Å². The molecule has 4 aromatic rings. The first-order chi connectivity index (χ1) is 13.6. The van der Waals surface area contributed by atoms with E-state index in [9.17, 15) is 10.1 Å². The molecular formula is C21H12BrN3O2S. The van der Waals surface area contributed by atoms with Crippen LogP contribution < -0.4 is 10.9 Å². The highest BCUT2D eigenvalue weighted by atomic mass is 79.9. The number of fused-ring (bicyclic) bond motifs is 1. The van der Waals surface area contributed by atoms with Gasteiger partial charge in [0.1, 0.15) is 22.2 Å². The first-order valence-corrected chi connectivity index (χ1v) is 9.93. The lowest BCUT2D eigenvalue weighted by atomic mass is 10.1. The van der Waals surface area contributed by atoms with Gasteiger partial charge in [-0.1, -0.05) is 34.1 Å². The maximum atomic E-state index is 12.3. The second-order valence-corrected chi connectivity index (χ2v) is 7.62. The molecule has 0 radical (unpaired) electrons. The molecule has 0 spiro atoms. The Morgan fingerprint density at radius 1 is 1.21 bits per heavy atom. The Labute approximate surface area is 172 Å². The molecule has 0 aliphatic rings. The number of rotatable bonds is 4. The predicted molar refractivity (Wildman–Crippen MR) is 115 cm³/mol. The van der Waals surface area contributed by atoms with Crippen LogP contribution in [-0.4, -0.2) is 4.98 Å². The number of nitrogens with one attached hydrogen (secondary N) is 1. The van der Waals surface area contributed by atoms with Crippen LogP contribution in [0.15, 0.2) is 79.9 Å². The summed E-state index contributed by atoms with van der Waals surface area (Å²) in [6.07, 6.45) is 1.61. The molecule has 0 aliphatic heterocycles. The topological polar surface area (TPSA) is 78.9 Å². The van der Waals surface area contributed by atoms with Crippen molar-refractivity contribution in [3.05, 3.63) is 86.1 Å². The van der Waals surface area contributed by atoms with E-state index < -0.39 is 5.63 Å². The van der Waals surface area contributed by atoms with Crippen LogP contribution in [0.4, 0.5) is 5.69 Å². The Morgan fingerprint density at radius 2 is 2.00 bits per heavy atom. The summed E-state index contributed by atoms with van der Waals surface area (Å²) in [5, 5.41) is 15.7. The van der Waals surface area contributed by atoms with Crippen LogP contribution in [0.2, 0.25) is 0 Å². The molecule has 0 bridgehead atoms. The molecule has 4 rings (SSSR count). The fourth-order valence-electron chi connectivity index (χ4n) is 2.61. The Morgan fingerprint density at radius 3 is 2.79 bits per heavy atom. The number of nitriles is 1. The number of halogens is 1. The van der Waals surface area contributed by atoms with Crippen LogP contribution >= 0.6 is 27.3 Å². The van der Waals surface area contributed by atoms with E-state index in [0.717, 1.165) is 15.5 Å². The molecule has 2 aromatic heterocycles. The monoisotopic (exact) mass is 449 g/mol. The molecule has 136 valence electrons. The molecule has 2 aromatic carbocycles. The molecule has 1 N–H and O–H groups in total. The molecule has 0 saturated heterocycles. The van der Waals surface area contributed by atoms with E-state index in [1.165, 1.54) is 11.3 Å². The Hall–Kier alpha value is -3.21. The van der Waals surface area contributed by atoms with E-state index >= 15 is 0 Å². The van der Waals surface area contributed by atoms with Crippen LogP contribution in [0.3, 0.4) is 0 Å². The van der Waals surface area contributed by atoms with Crippen molar-refractivity contribution in [3.8, 4) is 17.3 Å². The van der Waals surface area contributed by atoms with Crippen LogP contribution in [0, 0.1) is 11.3 Å². The van der Waals surface area contributed by atoms with Gasteiger partial charge in [0.2, 0.25) is 0 Å². The number of benzene rings is 2. The number of hydrogen-bond donors (Lipinski definition) is 1. The van der Waals surface area contributed by atoms with Crippen molar-refractivity contribution in [2.75, 3.05) is 5.32 Å². The molecular weight excluding hydrogens is 438 g/mol. The minimum absolute atomic E-state index is 0.374. The number of anilines is 1. The van der Waals surface area contributed by atoms with Gasteiger partial charge in [-0.15, -0.1) is 11.3 Å². The summed E-state index contributed by atoms with van der Waals surface area (Å²) in [5.74, 6) is 0. The third-order valence-corrected chi connectivity index (χ3v) is 5.40. The number of nitrogens with zero attached hydrogens (tertiary/aromatic N) is 2. The van der Waals surface area contributed by atoms with Crippen molar-refractivity contribution in [2.24, 2.45) is 0 Å². The molecule has 28 heavy (non-hydrogen) atoms. The Kier molecular flexibility index (Phi) is 5.06. The standard InChI is InChI=1S/C21H12BrN3O2S/c22-15-5-7-16(8-6-15)24-11-14(10-23)20-25-18(12-28-20)17-9-13-3-1-2-4-19(13)27-21(17)26/h1-9,11-12,24H/b14-11+. The van der Waals surface area contributed by atoms with Crippen molar-refractivity contribution in [2.45, 2.75) is 0 Å². The SMILES string of the molecule is N#C/C(=C\Nc1ccc(Br)cc1)c1nc(-c2cc3ccccc3oc2=O)cs1. The normalized spacial score (nSPS) is 11.4. The first kappa shape index (κ1) is 18.2. The van der Waals surface area contributed by atoms with Gasteiger partial charge in [0.25, 0.3) is 0 Å². The predicted octanol–water partition coefficient (Wildman–Crippen LogP) is 5.66. The van der Waals surface area contributed by atoms with Crippen molar-refractivity contribution in [1.82, 2.24) is 4.98 Å². The van der Waals surface area contributed by atoms with Crippen LogP contribution in [0.5, 0.6) is 0 Å². The second kappa shape index (κ2) is 7.80. The smallest absolute Gasteiger partial charge is 0.345 e. The first-order valence-electron chi connectivity index (χ1n) is 8.25. The zero-order chi connectivity index (χ0) is 19.5. The summed E-state index contributed by atoms with van der Waals surface area (Å²) in [4.78, 5) is 16.8. The summed E-state index contributed by atoms with van der Waals surface area (Å²) >= 11 is 4.68. The Bertz CT molecular complexity index is 1280. The highest BCUT2D eigenvalue weighted by molar-refractivity contribution is 9.10. The molecule has 0 atom stereocenters. The molecule has 0 amide bonds.